The van der Waals surface area contributed by atoms with Gasteiger partial charge < -0.3 is 15.2 Å². The molecule has 8 heteroatoms. The lowest BCUT2D eigenvalue weighted by atomic mass is 10.1. The smallest absolute Gasteiger partial charge is 0.326 e. The first kappa shape index (κ1) is 16.5. The van der Waals surface area contributed by atoms with E-state index in [4.69, 9.17) is 5.11 Å². The number of halogens is 2. The number of rotatable bonds is 6. The monoisotopic (exact) mass is 301 g/mol. The van der Waals surface area contributed by atoms with Gasteiger partial charge in [-0.1, -0.05) is 0 Å². The Balaban J connectivity index is 2.74. The number of esters is 1. The molecule has 1 aromatic carbocycles. The van der Waals surface area contributed by atoms with Gasteiger partial charge in [-0.2, -0.15) is 0 Å². The van der Waals surface area contributed by atoms with Crippen molar-refractivity contribution < 1.29 is 33.0 Å². The molecule has 0 bridgehead atoms. The third-order valence-electron chi connectivity index (χ3n) is 2.65. The lowest BCUT2D eigenvalue weighted by molar-refractivity contribution is -0.142. The fourth-order valence-electron chi connectivity index (χ4n) is 1.50. The summed E-state index contributed by atoms with van der Waals surface area (Å²) in [7, 11) is 1.15. The average Bonchev–Trinajstić information content (AvgIpc) is 2.45. The Morgan fingerprint density at radius 1 is 1.29 bits per heavy atom. The van der Waals surface area contributed by atoms with Crippen LogP contribution in [-0.4, -0.2) is 36.1 Å². The van der Waals surface area contributed by atoms with Gasteiger partial charge in [0.1, 0.15) is 6.04 Å². The maximum atomic E-state index is 13.0. The van der Waals surface area contributed by atoms with Crippen molar-refractivity contribution in [2.45, 2.75) is 18.9 Å². The van der Waals surface area contributed by atoms with Gasteiger partial charge >= 0.3 is 11.9 Å². The second kappa shape index (κ2) is 7.32. The molecule has 1 rings (SSSR count). The third kappa shape index (κ3) is 4.83. The van der Waals surface area contributed by atoms with Crippen LogP contribution in [0.2, 0.25) is 0 Å². The van der Waals surface area contributed by atoms with Crippen molar-refractivity contribution in [1.82, 2.24) is 5.32 Å². The van der Waals surface area contributed by atoms with Gasteiger partial charge in [0.05, 0.1) is 7.11 Å². The van der Waals surface area contributed by atoms with Gasteiger partial charge in [0.15, 0.2) is 11.6 Å². The molecule has 21 heavy (non-hydrogen) atoms. The van der Waals surface area contributed by atoms with E-state index in [9.17, 15) is 23.2 Å². The molecule has 1 atom stereocenters. The van der Waals surface area contributed by atoms with E-state index in [-0.39, 0.29) is 18.4 Å². The summed E-state index contributed by atoms with van der Waals surface area (Å²) < 4.78 is 30.1. The van der Waals surface area contributed by atoms with Gasteiger partial charge in [-0.25, -0.2) is 13.6 Å². The quantitative estimate of drug-likeness (QED) is 0.768. The van der Waals surface area contributed by atoms with Crippen LogP contribution in [0.15, 0.2) is 18.2 Å². The summed E-state index contributed by atoms with van der Waals surface area (Å²) in [6.45, 7) is 0. The maximum absolute atomic E-state index is 13.0. The van der Waals surface area contributed by atoms with Crippen molar-refractivity contribution in [1.29, 1.82) is 0 Å². The van der Waals surface area contributed by atoms with E-state index in [0.717, 1.165) is 19.2 Å². The molecule has 114 valence electrons. The van der Waals surface area contributed by atoms with E-state index in [1.165, 1.54) is 0 Å². The molecular formula is C13H13F2NO5. The zero-order chi connectivity index (χ0) is 16.0. The first-order chi connectivity index (χ1) is 9.85. The number of methoxy groups -OCH3 is 1. The highest BCUT2D eigenvalue weighted by atomic mass is 19.2. The summed E-state index contributed by atoms with van der Waals surface area (Å²) in [5.74, 6) is -5.19. The summed E-state index contributed by atoms with van der Waals surface area (Å²) in [6.07, 6.45) is -0.386. The van der Waals surface area contributed by atoms with Crippen LogP contribution in [0.5, 0.6) is 0 Å². The minimum atomic E-state index is -1.35. The molecule has 6 nitrogen and oxygen atoms in total. The zero-order valence-corrected chi connectivity index (χ0v) is 11.1. The van der Waals surface area contributed by atoms with Gasteiger partial charge in [0.25, 0.3) is 5.91 Å². The molecule has 0 spiro atoms. The highest BCUT2D eigenvalue weighted by molar-refractivity contribution is 5.96. The normalized spacial score (nSPS) is 11.6. The van der Waals surface area contributed by atoms with Crippen molar-refractivity contribution in [2.24, 2.45) is 0 Å². The largest absolute Gasteiger partial charge is 0.480 e. The Labute approximate surface area is 118 Å². The lowest BCUT2D eigenvalue weighted by Gasteiger charge is -2.14. The Hall–Kier alpha value is -2.51. The lowest BCUT2D eigenvalue weighted by Crippen LogP contribution is -2.41. The Bertz CT molecular complexity index is 561. The van der Waals surface area contributed by atoms with E-state index >= 15 is 0 Å². The molecule has 0 unspecified atom stereocenters. The molecule has 1 aromatic rings. The Morgan fingerprint density at radius 2 is 1.95 bits per heavy atom. The highest BCUT2D eigenvalue weighted by Crippen LogP contribution is 2.09. The summed E-state index contributed by atoms with van der Waals surface area (Å²) in [6, 6.07) is 1.09. The van der Waals surface area contributed by atoms with Crippen molar-refractivity contribution in [3.05, 3.63) is 35.4 Å². The van der Waals surface area contributed by atoms with Crippen molar-refractivity contribution in [3.63, 3.8) is 0 Å². The molecule has 2 N–H and O–H groups in total. The molecule has 0 fully saturated rings. The number of amides is 1. The minimum absolute atomic E-state index is 0.183. The number of nitrogens with one attached hydrogen (secondary N) is 1. The van der Waals surface area contributed by atoms with E-state index in [1.807, 2.05) is 0 Å². The molecule has 0 saturated heterocycles. The second-order valence-corrected chi connectivity index (χ2v) is 4.11. The maximum Gasteiger partial charge on any atom is 0.326 e. The fourth-order valence-corrected chi connectivity index (χ4v) is 1.50. The van der Waals surface area contributed by atoms with Gasteiger partial charge in [-0.15, -0.1) is 0 Å². The van der Waals surface area contributed by atoms with Crippen LogP contribution in [0.3, 0.4) is 0 Å². The summed E-state index contributed by atoms with van der Waals surface area (Å²) >= 11 is 0. The van der Waals surface area contributed by atoms with E-state index in [2.05, 4.69) is 10.1 Å². The number of benzene rings is 1. The first-order valence-corrected chi connectivity index (χ1v) is 5.90. The molecule has 0 aliphatic heterocycles. The molecular weight excluding hydrogens is 288 g/mol. The molecule has 0 aliphatic rings. The summed E-state index contributed by atoms with van der Waals surface area (Å²) in [4.78, 5) is 33.7. The summed E-state index contributed by atoms with van der Waals surface area (Å²) in [5, 5.41) is 11.1. The molecule has 0 radical (unpaired) electrons. The SMILES string of the molecule is COC(=O)CC[C@@H](NC(=O)c1ccc(F)c(F)c1)C(=O)O. The minimum Gasteiger partial charge on any atom is -0.480 e. The molecule has 0 saturated carbocycles. The van der Waals surface area contributed by atoms with Crippen molar-refractivity contribution in [3.8, 4) is 0 Å². The molecule has 0 heterocycles. The summed E-state index contributed by atoms with van der Waals surface area (Å²) in [5.41, 5.74) is -0.224. The topological polar surface area (TPSA) is 92.7 Å². The van der Waals surface area contributed by atoms with Gasteiger partial charge in [-0.05, 0) is 24.6 Å². The molecule has 1 amide bonds. The predicted molar refractivity (Wildman–Crippen MR) is 66.5 cm³/mol. The average molecular weight is 301 g/mol. The van der Waals surface area contributed by atoms with E-state index in [1.54, 1.807) is 0 Å². The van der Waals surface area contributed by atoms with Crippen LogP contribution in [0, 0.1) is 11.6 Å². The third-order valence-corrected chi connectivity index (χ3v) is 2.65. The zero-order valence-electron chi connectivity index (χ0n) is 11.1. The van der Waals surface area contributed by atoms with Gasteiger partial charge in [0.2, 0.25) is 0 Å². The standard InChI is InChI=1S/C13H13F2NO5/c1-21-11(17)5-4-10(13(19)20)16-12(18)7-2-3-8(14)9(15)6-7/h2-3,6,10H,4-5H2,1H3,(H,16,18)(H,19,20)/t10-/m1/s1. The molecule has 0 aliphatic carbocycles. The second-order valence-electron chi connectivity index (χ2n) is 4.11. The van der Waals surface area contributed by atoms with Crippen LogP contribution in [-0.2, 0) is 14.3 Å². The van der Waals surface area contributed by atoms with Crippen molar-refractivity contribution in [2.75, 3.05) is 7.11 Å². The van der Waals surface area contributed by atoms with E-state index < -0.39 is 35.5 Å². The Morgan fingerprint density at radius 3 is 2.48 bits per heavy atom. The van der Waals surface area contributed by atoms with Crippen LogP contribution in [0.1, 0.15) is 23.2 Å². The van der Waals surface area contributed by atoms with Crippen LogP contribution in [0.4, 0.5) is 8.78 Å². The number of hydrogen-bond acceptors (Lipinski definition) is 4. The van der Waals surface area contributed by atoms with E-state index in [0.29, 0.717) is 6.07 Å². The van der Waals surface area contributed by atoms with Crippen molar-refractivity contribution >= 4 is 17.8 Å². The highest BCUT2D eigenvalue weighted by Gasteiger charge is 2.22. The fraction of sp³-hybridized carbons (Fsp3) is 0.308. The Kier molecular flexibility index (Phi) is 5.77. The number of carboxylic acid groups (broad SMARTS) is 1. The number of carbonyl (C=O) groups is 3. The predicted octanol–water partition coefficient (Wildman–Crippen LogP) is 1.10. The van der Waals surface area contributed by atoms with Crippen LogP contribution in [0.25, 0.3) is 0 Å². The number of carboxylic acids is 1. The van der Waals surface area contributed by atoms with Crippen LogP contribution < -0.4 is 5.32 Å². The van der Waals surface area contributed by atoms with Gasteiger partial charge in [-0.3, -0.25) is 9.59 Å². The number of ether oxygens (including phenoxy) is 1. The number of carbonyl (C=O) groups excluding carboxylic acids is 2. The number of hydrogen-bond donors (Lipinski definition) is 2. The number of aliphatic carboxylic acids is 1. The first-order valence-electron chi connectivity index (χ1n) is 5.90. The van der Waals surface area contributed by atoms with Gasteiger partial charge in [0, 0.05) is 12.0 Å². The molecule has 0 aromatic heterocycles. The van der Waals surface area contributed by atoms with Crippen LogP contribution >= 0.6 is 0 Å².